The first-order chi connectivity index (χ1) is 14.0. The summed E-state index contributed by atoms with van der Waals surface area (Å²) in [6, 6.07) is 13.2. The molecule has 2 amide bonds. The second-order valence-corrected chi connectivity index (χ2v) is 6.95. The molecule has 10 heteroatoms. The third-order valence-corrected chi connectivity index (χ3v) is 4.93. The Morgan fingerprint density at radius 3 is 2.52 bits per heavy atom. The summed E-state index contributed by atoms with van der Waals surface area (Å²) in [7, 11) is 1.56. The highest BCUT2D eigenvalue weighted by Gasteiger charge is 2.21. The van der Waals surface area contributed by atoms with E-state index in [2.05, 4.69) is 10.6 Å². The van der Waals surface area contributed by atoms with Gasteiger partial charge in [0.2, 0.25) is 17.5 Å². The molecule has 1 heterocycles. The average molecular weight is 414 g/mol. The van der Waals surface area contributed by atoms with E-state index in [0.717, 1.165) is 0 Å². The van der Waals surface area contributed by atoms with E-state index < -0.39 is 11.9 Å². The molecule has 1 aromatic heterocycles. The lowest BCUT2D eigenvalue weighted by Gasteiger charge is -2.05. The molecule has 0 saturated heterocycles. The highest BCUT2D eigenvalue weighted by Crippen LogP contribution is 2.24. The Morgan fingerprint density at radius 1 is 1.21 bits per heavy atom. The zero-order valence-corrected chi connectivity index (χ0v) is 16.3. The molecule has 2 aromatic carbocycles. The Balaban J connectivity index is 1.58. The van der Waals surface area contributed by atoms with Crippen molar-refractivity contribution in [2.75, 3.05) is 18.2 Å². The van der Waals surface area contributed by atoms with E-state index in [1.807, 2.05) is 0 Å². The third kappa shape index (κ3) is 5.05. The van der Waals surface area contributed by atoms with E-state index in [0.29, 0.717) is 28.4 Å². The van der Waals surface area contributed by atoms with Gasteiger partial charge in [-0.3, -0.25) is 9.59 Å². The maximum absolute atomic E-state index is 12.1. The summed E-state index contributed by atoms with van der Waals surface area (Å²) in [5, 5.41) is 18.7. The van der Waals surface area contributed by atoms with E-state index in [1.54, 1.807) is 43.5 Å². The number of thioether (sulfide) groups is 1. The molecule has 29 heavy (non-hydrogen) atoms. The van der Waals surface area contributed by atoms with Gasteiger partial charge in [-0.15, -0.1) is 0 Å². The lowest BCUT2D eigenvalue weighted by Crippen LogP contribution is -2.34. The predicted molar refractivity (Wildman–Crippen MR) is 103 cm³/mol. The van der Waals surface area contributed by atoms with E-state index in [4.69, 9.17) is 15.0 Å². The Bertz CT molecular complexity index is 1000. The summed E-state index contributed by atoms with van der Waals surface area (Å²) in [4.78, 5) is 23.2. The first-order valence-electron chi connectivity index (χ1n) is 8.54. The van der Waals surface area contributed by atoms with Crippen molar-refractivity contribution in [3.63, 3.8) is 0 Å². The normalized spacial score (nSPS) is 10.5. The van der Waals surface area contributed by atoms with Gasteiger partial charge in [-0.25, -0.2) is 0 Å². The van der Waals surface area contributed by atoms with Gasteiger partial charge in [-0.2, -0.15) is 0 Å². The van der Waals surface area contributed by atoms with Crippen LogP contribution < -0.4 is 25.6 Å². The highest BCUT2D eigenvalue weighted by atomic mass is 32.2. The molecule has 0 fully saturated rings. The molecule has 0 unspecified atom stereocenters. The molecule has 9 nitrogen and oxygen atoms in total. The van der Waals surface area contributed by atoms with Crippen molar-refractivity contribution < 1.29 is 28.6 Å². The molecule has 3 aromatic rings. The molecule has 0 aliphatic carbocycles. The fourth-order valence-corrected chi connectivity index (χ4v) is 3.33. The fourth-order valence-electron chi connectivity index (χ4n) is 2.43. The van der Waals surface area contributed by atoms with Crippen LogP contribution in [0.4, 0.5) is 5.69 Å². The standard InChI is InChI=1S/C19H18N4O5S/c1-27-15-8-6-14(7-9-15)23-18(19(26)28-22-23)29-11-10-16(24)21-13-4-2-12(3-5-13)17(20)25/h2-9H,10-11H2,1H3,(H3-,20,21,22,24,25,26). The number of anilines is 1. The molecule has 150 valence electrons. The number of methoxy groups -OCH3 is 1. The molecule has 3 N–H and O–H groups in total. The molecule has 0 aliphatic heterocycles. The number of ether oxygens (including phenoxy) is 1. The lowest BCUT2D eigenvalue weighted by molar-refractivity contribution is -0.705. The maximum Gasteiger partial charge on any atom is 0.297 e. The van der Waals surface area contributed by atoms with Crippen LogP contribution in [0.2, 0.25) is 0 Å². The van der Waals surface area contributed by atoms with Crippen molar-refractivity contribution in [3.8, 4) is 17.4 Å². The highest BCUT2D eigenvalue weighted by molar-refractivity contribution is 7.99. The smallest absolute Gasteiger partial charge is 0.297 e. The Kier molecular flexibility index (Phi) is 6.35. The maximum atomic E-state index is 12.1. The van der Waals surface area contributed by atoms with Crippen molar-refractivity contribution in [2.24, 2.45) is 5.73 Å². The number of rotatable bonds is 8. The zero-order valence-electron chi connectivity index (χ0n) is 15.5. The molecule has 0 bridgehead atoms. The second-order valence-electron chi connectivity index (χ2n) is 5.86. The second kappa shape index (κ2) is 9.11. The van der Waals surface area contributed by atoms with Crippen LogP contribution in [0.5, 0.6) is 11.7 Å². The van der Waals surface area contributed by atoms with Gasteiger partial charge in [0.1, 0.15) is 5.75 Å². The van der Waals surface area contributed by atoms with Crippen LogP contribution >= 0.6 is 11.8 Å². The SMILES string of the molecule is COc1ccc(-[n+]2noc([O-])c2SCCC(=O)Nc2ccc(C(N)=O)cc2)cc1. The van der Waals surface area contributed by atoms with Crippen LogP contribution in [-0.4, -0.2) is 29.9 Å². The van der Waals surface area contributed by atoms with Gasteiger partial charge < -0.3 is 25.4 Å². The number of carbonyl (C=O) groups excluding carboxylic acids is 2. The number of benzene rings is 2. The lowest BCUT2D eigenvalue weighted by atomic mass is 10.2. The quantitative estimate of drug-likeness (QED) is 0.418. The van der Waals surface area contributed by atoms with Crippen LogP contribution in [0.25, 0.3) is 5.69 Å². The molecule has 0 radical (unpaired) electrons. The summed E-state index contributed by atoms with van der Waals surface area (Å²) in [6.07, 6.45) is 0.162. The first kappa shape index (κ1) is 20.2. The summed E-state index contributed by atoms with van der Waals surface area (Å²) in [5.41, 5.74) is 6.73. The number of nitrogens with two attached hydrogens (primary N) is 1. The topological polar surface area (TPSA) is 134 Å². The minimum atomic E-state index is -0.576. The molecule has 0 spiro atoms. The monoisotopic (exact) mass is 414 g/mol. The number of nitrogens with one attached hydrogen (secondary N) is 1. The molecule has 3 rings (SSSR count). The van der Waals surface area contributed by atoms with E-state index in [-0.39, 0.29) is 17.4 Å². The van der Waals surface area contributed by atoms with E-state index >= 15 is 0 Å². The summed E-state index contributed by atoms with van der Waals surface area (Å²) in [6.45, 7) is 0. The van der Waals surface area contributed by atoms with Crippen LogP contribution in [0.15, 0.2) is 58.1 Å². The number of hydrogen-bond donors (Lipinski definition) is 2. The number of primary amides is 1. The van der Waals surface area contributed by atoms with Crippen molar-refractivity contribution in [2.45, 2.75) is 11.4 Å². The van der Waals surface area contributed by atoms with Gasteiger partial charge >= 0.3 is 0 Å². The third-order valence-electron chi connectivity index (χ3n) is 3.91. The van der Waals surface area contributed by atoms with E-state index in [9.17, 15) is 14.7 Å². The molecule has 0 atom stereocenters. The van der Waals surface area contributed by atoms with Crippen LogP contribution in [0, 0.1) is 0 Å². The van der Waals surface area contributed by atoms with Crippen molar-refractivity contribution in [1.29, 1.82) is 0 Å². The number of amides is 2. The van der Waals surface area contributed by atoms with Crippen molar-refractivity contribution in [1.82, 2.24) is 5.27 Å². The summed E-state index contributed by atoms with van der Waals surface area (Å²) in [5.74, 6) is -0.323. The Morgan fingerprint density at radius 2 is 1.90 bits per heavy atom. The van der Waals surface area contributed by atoms with Crippen LogP contribution in [0.3, 0.4) is 0 Å². The van der Waals surface area contributed by atoms with Crippen LogP contribution in [-0.2, 0) is 4.79 Å². The average Bonchev–Trinajstić information content (AvgIpc) is 3.09. The Hall–Kier alpha value is -3.53. The molecular weight excluding hydrogens is 396 g/mol. The summed E-state index contributed by atoms with van der Waals surface area (Å²) >= 11 is 1.17. The summed E-state index contributed by atoms with van der Waals surface area (Å²) < 4.78 is 11.3. The van der Waals surface area contributed by atoms with Crippen LogP contribution in [0.1, 0.15) is 16.8 Å². The molecule has 0 aliphatic rings. The fraction of sp³-hybridized carbons (Fsp3) is 0.158. The van der Waals surface area contributed by atoms with E-state index in [1.165, 1.54) is 28.6 Å². The first-order valence-corrected chi connectivity index (χ1v) is 9.52. The minimum absolute atomic E-state index is 0.162. The number of carbonyl (C=O) groups is 2. The minimum Gasteiger partial charge on any atom is -0.538 e. The van der Waals surface area contributed by atoms with Gasteiger partial charge in [-0.05, 0) is 41.1 Å². The van der Waals surface area contributed by atoms with Crippen molar-refractivity contribution in [3.05, 3.63) is 54.1 Å². The number of hydrogen-bond acceptors (Lipinski definition) is 7. The van der Waals surface area contributed by atoms with Gasteiger partial charge in [0.15, 0.2) is 5.95 Å². The van der Waals surface area contributed by atoms with Gasteiger partial charge in [-0.1, -0.05) is 11.8 Å². The van der Waals surface area contributed by atoms with Gasteiger partial charge in [0, 0.05) is 35.6 Å². The molecular formula is C19H18N4O5S. The van der Waals surface area contributed by atoms with Gasteiger partial charge in [0.25, 0.3) is 5.03 Å². The number of nitrogens with zero attached hydrogens (tertiary/aromatic N) is 2. The molecule has 0 saturated carbocycles. The Labute approximate surface area is 170 Å². The number of aromatic nitrogens is 2. The van der Waals surface area contributed by atoms with Crippen molar-refractivity contribution >= 4 is 29.3 Å². The van der Waals surface area contributed by atoms with Gasteiger partial charge in [0.05, 0.1) is 12.4 Å². The largest absolute Gasteiger partial charge is 0.538 e. The zero-order chi connectivity index (χ0) is 20.8. The predicted octanol–water partition coefficient (Wildman–Crippen LogP) is 1.25.